The van der Waals surface area contributed by atoms with E-state index in [1.54, 1.807) is 11.8 Å². The lowest BCUT2D eigenvalue weighted by Gasteiger charge is -2.11. The summed E-state index contributed by atoms with van der Waals surface area (Å²) in [6.07, 6.45) is 2.06. The Labute approximate surface area is 77.8 Å². The van der Waals surface area contributed by atoms with Crippen LogP contribution < -0.4 is 0 Å². The highest BCUT2D eigenvalue weighted by molar-refractivity contribution is 7.98. The minimum Gasteiger partial charge on any atom is -0.508 e. The number of phenols is 1. The molecular formula is C10H14OS. The van der Waals surface area contributed by atoms with Gasteiger partial charge in [0.25, 0.3) is 0 Å². The summed E-state index contributed by atoms with van der Waals surface area (Å²) in [6, 6.07) is 1.83. The van der Waals surface area contributed by atoms with Gasteiger partial charge in [-0.3, -0.25) is 0 Å². The molecular weight excluding hydrogens is 168 g/mol. The first-order chi connectivity index (χ1) is 5.57. The number of hydrogen-bond donors (Lipinski definition) is 1. The molecule has 0 unspecified atom stereocenters. The molecule has 66 valence electrons. The van der Waals surface area contributed by atoms with E-state index in [0.717, 1.165) is 11.1 Å². The first kappa shape index (κ1) is 9.46. The van der Waals surface area contributed by atoms with Gasteiger partial charge < -0.3 is 5.11 Å². The van der Waals surface area contributed by atoms with Crippen LogP contribution in [0.25, 0.3) is 0 Å². The Morgan fingerprint density at radius 1 is 1.17 bits per heavy atom. The van der Waals surface area contributed by atoms with Gasteiger partial charge in [0.2, 0.25) is 0 Å². The fourth-order valence-electron chi connectivity index (χ4n) is 1.35. The number of thioether (sulfide) groups is 1. The van der Waals surface area contributed by atoms with Crippen LogP contribution in [0.5, 0.6) is 5.75 Å². The van der Waals surface area contributed by atoms with Gasteiger partial charge in [0, 0.05) is 4.90 Å². The molecule has 0 aliphatic rings. The van der Waals surface area contributed by atoms with Gasteiger partial charge in [0.15, 0.2) is 0 Å². The van der Waals surface area contributed by atoms with Crippen molar-refractivity contribution < 1.29 is 5.11 Å². The van der Waals surface area contributed by atoms with Crippen LogP contribution in [0.2, 0.25) is 0 Å². The van der Waals surface area contributed by atoms with Gasteiger partial charge in [-0.25, -0.2) is 0 Å². The molecule has 0 saturated carbocycles. The van der Waals surface area contributed by atoms with E-state index in [0.29, 0.717) is 5.75 Å². The van der Waals surface area contributed by atoms with E-state index in [9.17, 15) is 5.11 Å². The Bertz CT molecular complexity index is 305. The summed E-state index contributed by atoms with van der Waals surface area (Å²) in [7, 11) is 0. The third kappa shape index (κ3) is 1.44. The van der Waals surface area contributed by atoms with Crippen molar-refractivity contribution in [3.05, 3.63) is 22.8 Å². The normalized spacial score (nSPS) is 10.3. The van der Waals surface area contributed by atoms with E-state index >= 15 is 0 Å². The van der Waals surface area contributed by atoms with Gasteiger partial charge in [0.1, 0.15) is 5.75 Å². The predicted molar refractivity (Wildman–Crippen MR) is 54.1 cm³/mol. The zero-order valence-electron chi connectivity index (χ0n) is 7.93. The zero-order chi connectivity index (χ0) is 9.30. The van der Waals surface area contributed by atoms with Crippen LogP contribution in [-0.4, -0.2) is 11.4 Å². The maximum Gasteiger partial charge on any atom is 0.119 e. The third-order valence-corrected chi connectivity index (χ3v) is 3.24. The van der Waals surface area contributed by atoms with Crippen molar-refractivity contribution in [2.75, 3.05) is 6.26 Å². The van der Waals surface area contributed by atoms with Crippen LogP contribution in [0.3, 0.4) is 0 Å². The second-order valence-corrected chi connectivity index (χ2v) is 3.81. The molecule has 1 rings (SSSR count). The Balaban J connectivity index is 3.40. The first-order valence-electron chi connectivity index (χ1n) is 3.91. The highest BCUT2D eigenvalue weighted by Crippen LogP contribution is 2.31. The maximum absolute atomic E-state index is 9.49. The highest BCUT2D eigenvalue weighted by Gasteiger charge is 2.07. The molecule has 0 bridgehead atoms. The molecule has 0 fully saturated rings. The molecule has 0 heterocycles. The average Bonchev–Trinajstić information content (AvgIpc) is 2.01. The van der Waals surface area contributed by atoms with Gasteiger partial charge in [-0.05, 0) is 49.8 Å². The van der Waals surface area contributed by atoms with Crippen molar-refractivity contribution in [1.82, 2.24) is 0 Å². The first-order valence-corrected chi connectivity index (χ1v) is 5.14. The molecule has 1 aromatic rings. The number of phenolic OH excluding ortho intramolecular Hbond substituents is 1. The minimum atomic E-state index is 0.405. The van der Waals surface area contributed by atoms with Crippen molar-refractivity contribution in [2.24, 2.45) is 0 Å². The van der Waals surface area contributed by atoms with E-state index in [4.69, 9.17) is 0 Å². The molecule has 0 aromatic heterocycles. The third-order valence-electron chi connectivity index (χ3n) is 2.20. The number of benzene rings is 1. The maximum atomic E-state index is 9.49. The van der Waals surface area contributed by atoms with Crippen LogP contribution in [0.1, 0.15) is 16.7 Å². The van der Waals surface area contributed by atoms with Crippen LogP contribution in [-0.2, 0) is 0 Å². The second-order valence-electron chi connectivity index (χ2n) is 3.00. The summed E-state index contributed by atoms with van der Waals surface area (Å²) in [4.78, 5) is 1.28. The fraction of sp³-hybridized carbons (Fsp3) is 0.400. The molecule has 2 heteroatoms. The van der Waals surface area contributed by atoms with Gasteiger partial charge in [-0.15, -0.1) is 11.8 Å². The summed E-state index contributed by atoms with van der Waals surface area (Å²) in [5, 5.41) is 9.49. The molecule has 0 amide bonds. The van der Waals surface area contributed by atoms with Crippen molar-refractivity contribution in [3.63, 3.8) is 0 Å². The van der Waals surface area contributed by atoms with Gasteiger partial charge in [-0.2, -0.15) is 0 Å². The Hall–Kier alpha value is -0.630. The predicted octanol–water partition coefficient (Wildman–Crippen LogP) is 3.04. The van der Waals surface area contributed by atoms with Crippen molar-refractivity contribution >= 4 is 11.8 Å². The summed E-state index contributed by atoms with van der Waals surface area (Å²) in [6.45, 7) is 6.02. The molecule has 0 saturated heterocycles. The van der Waals surface area contributed by atoms with Crippen LogP contribution in [0.15, 0.2) is 11.0 Å². The van der Waals surface area contributed by atoms with Crippen LogP contribution in [0, 0.1) is 20.8 Å². The SMILES string of the molecule is CSc1c(C)cc(O)c(C)c1C. The van der Waals surface area contributed by atoms with Crippen molar-refractivity contribution in [1.29, 1.82) is 0 Å². The standard InChI is InChI=1S/C10H14OS/c1-6-5-9(11)7(2)8(3)10(6)12-4/h5,11H,1-4H3. The lowest BCUT2D eigenvalue weighted by atomic mass is 10.1. The number of rotatable bonds is 1. The Morgan fingerprint density at radius 2 is 1.75 bits per heavy atom. The van der Waals surface area contributed by atoms with E-state index in [-0.39, 0.29) is 0 Å². The largest absolute Gasteiger partial charge is 0.508 e. The molecule has 0 radical (unpaired) electrons. The second kappa shape index (κ2) is 3.40. The van der Waals surface area contributed by atoms with Crippen molar-refractivity contribution in [3.8, 4) is 5.75 Å². The molecule has 0 atom stereocenters. The number of aromatic hydroxyl groups is 1. The smallest absolute Gasteiger partial charge is 0.119 e. The van der Waals surface area contributed by atoms with Crippen LogP contribution >= 0.6 is 11.8 Å². The summed E-state index contributed by atoms with van der Waals surface area (Å²) in [5.74, 6) is 0.405. The van der Waals surface area contributed by atoms with Gasteiger partial charge in [-0.1, -0.05) is 0 Å². The van der Waals surface area contributed by atoms with Gasteiger partial charge >= 0.3 is 0 Å². The zero-order valence-corrected chi connectivity index (χ0v) is 8.75. The highest BCUT2D eigenvalue weighted by atomic mass is 32.2. The molecule has 1 N–H and O–H groups in total. The number of aryl methyl sites for hydroxylation is 1. The van der Waals surface area contributed by atoms with Gasteiger partial charge in [0.05, 0.1) is 0 Å². The fourth-order valence-corrected chi connectivity index (χ4v) is 2.19. The number of hydrogen-bond acceptors (Lipinski definition) is 2. The molecule has 1 nitrogen and oxygen atoms in total. The van der Waals surface area contributed by atoms with E-state index in [2.05, 4.69) is 6.26 Å². The topological polar surface area (TPSA) is 20.2 Å². The van der Waals surface area contributed by atoms with Crippen LogP contribution in [0.4, 0.5) is 0 Å². The molecule has 12 heavy (non-hydrogen) atoms. The monoisotopic (exact) mass is 182 g/mol. The lowest BCUT2D eigenvalue weighted by molar-refractivity contribution is 0.469. The van der Waals surface area contributed by atoms with E-state index < -0.39 is 0 Å². The minimum absolute atomic E-state index is 0.405. The summed E-state index contributed by atoms with van der Waals surface area (Å²) >= 11 is 1.73. The Kier molecular flexibility index (Phi) is 2.68. The van der Waals surface area contributed by atoms with E-state index in [1.807, 2.05) is 26.8 Å². The lowest BCUT2D eigenvalue weighted by Crippen LogP contribution is -1.89. The van der Waals surface area contributed by atoms with E-state index in [1.165, 1.54) is 10.5 Å². The molecule has 0 spiro atoms. The summed E-state index contributed by atoms with van der Waals surface area (Å²) < 4.78 is 0. The molecule has 0 aliphatic heterocycles. The van der Waals surface area contributed by atoms with Crippen molar-refractivity contribution in [2.45, 2.75) is 25.7 Å². The average molecular weight is 182 g/mol. The Morgan fingerprint density at radius 3 is 2.25 bits per heavy atom. The quantitative estimate of drug-likeness (QED) is 0.674. The summed E-state index contributed by atoms with van der Waals surface area (Å²) in [5.41, 5.74) is 3.34. The molecule has 1 aromatic carbocycles. The molecule has 0 aliphatic carbocycles.